The Balaban J connectivity index is 1.64. The highest BCUT2D eigenvalue weighted by Gasteiger charge is 2.19. The van der Waals surface area contributed by atoms with E-state index in [1.54, 1.807) is 12.1 Å². The molecule has 1 aliphatic rings. The maximum absolute atomic E-state index is 11.6. The van der Waals surface area contributed by atoms with Gasteiger partial charge >= 0.3 is 0 Å². The van der Waals surface area contributed by atoms with Gasteiger partial charge in [-0.1, -0.05) is 49.4 Å². The Bertz CT molecular complexity index is 1160. The molecule has 0 bridgehead atoms. The van der Waals surface area contributed by atoms with Crippen LogP contribution in [0.3, 0.4) is 0 Å². The average molecular weight is 422 g/mol. The molecule has 0 amide bonds. The summed E-state index contributed by atoms with van der Waals surface area (Å²) in [5.74, 6) is 1.04. The van der Waals surface area contributed by atoms with Crippen LogP contribution in [0.15, 0.2) is 59.5 Å². The van der Waals surface area contributed by atoms with E-state index in [2.05, 4.69) is 47.1 Å². The van der Waals surface area contributed by atoms with Crippen molar-refractivity contribution >= 4 is 38.6 Å². The summed E-state index contributed by atoms with van der Waals surface area (Å²) in [5, 5.41) is 2.35. The topological polar surface area (TPSA) is 53.5 Å². The van der Waals surface area contributed by atoms with Crippen molar-refractivity contribution in [1.82, 2.24) is 9.88 Å². The van der Waals surface area contributed by atoms with Gasteiger partial charge in [0.1, 0.15) is 5.82 Å². The smallest absolute Gasteiger partial charge is 0.175 e. The molecule has 2 aromatic carbocycles. The molecule has 0 N–H and O–H groups in total. The van der Waals surface area contributed by atoms with Crippen molar-refractivity contribution in [2.45, 2.75) is 11.8 Å². The Labute approximate surface area is 178 Å². The molecular weight excluding hydrogens is 394 g/mol. The molecule has 1 aromatic heterocycles. The third-order valence-corrected chi connectivity index (χ3v) is 6.74. The van der Waals surface area contributed by atoms with Gasteiger partial charge in [0.15, 0.2) is 9.84 Å². The number of sulfone groups is 1. The Morgan fingerprint density at radius 3 is 2.33 bits per heavy atom. The first kappa shape index (κ1) is 20.6. The van der Waals surface area contributed by atoms with E-state index in [1.807, 2.05) is 24.3 Å². The van der Waals surface area contributed by atoms with E-state index < -0.39 is 9.84 Å². The number of hydrogen-bond acceptors (Lipinski definition) is 5. The summed E-state index contributed by atoms with van der Waals surface area (Å²) in [4.78, 5) is 10.1. The molecule has 6 heteroatoms. The van der Waals surface area contributed by atoms with E-state index in [1.165, 1.54) is 17.0 Å². The Hall–Kier alpha value is -2.70. The number of rotatable bonds is 5. The molecular formula is C24H27N3O2S. The standard InChI is InChI=1S/C24H27N3O2S/c1-3-26-14-16-27(17-15-26)24-23-7-5-4-6-20(23)18-21(25-24)11-8-19-9-12-22(13-10-19)30(2,28)29/h4-13,18H,3,14-17H2,1-2H3/b11-8+. The van der Waals surface area contributed by atoms with Crippen molar-refractivity contribution in [3.8, 4) is 0 Å². The third-order valence-electron chi connectivity index (χ3n) is 5.61. The average Bonchev–Trinajstić information content (AvgIpc) is 2.77. The van der Waals surface area contributed by atoms with Gasteiger partial charge in [-0.25, -0.2) is 13.4 Å². The number of piperazine rings is 1. The summed E-state index contributed by atoms with van der Waals surface area (Å²) in [6.07, 6.45) is 5.19. The second-order valence-corrected chi connectivity index (χ2v) is 9.70. The number of nitrogens with zero attached hydrogens (tertiary/aromatic N) is 3. The maximum atomic E-state index is 11.6. The number of anilines is 1. The van der Waals surface area contributed by atoms with Gasteiger partial charge in [0.05, 0.1) is 10.6 Å². The van der Waals surface area contributed by atoms with E-state index in [4.69, 9.17) is 4.98 Å². The lowest BCUT2D eigenvalue weighted by Gasteiger charge is -2.35. The molecule has 0 spiro atoms. The Kier molecular flexibility index (Phi) is 5.88. The van der Waals surface area contributed by atoms with Gasteiger partial charge in [-0.05, 0) is 41.8 Å². The van der Waals surface area contributed by atoms with Crippen molar-refractivity contribution in [3.05, 3.63) is 65.9 Å². The molecule has 0 radical (unpaired) electrons. The molecule has 0 atom stereocenters. The van der Waals surface area contributed by atoms with Gasteiger partial charge in [0, 0.05) is 37.8 Å². The van der Waals surface area contributed by atoms with Crippen LogP contribution in [0, 0.1) is 0 Å². The molecule has 4 rings (SSSR count). The van der Waals surface area contributed by atoms with Crippen molar-refractivity contribution in [3.63, 3.8) is 0 Å². The second-order valence-electron chi connectivity index (χ2n) is 7.69. The molecule has 2 heterocycles. The highest BCUT2D eigenvalue weighted by molar-refractivity contribution is 7.90. The van der Waals surface area contributed by atoms with Gasteiger partial charge in [-0.2, -0.15) is 0 Å². The number of benzene rings is 2. The molecule has 156 valence electrons. The van der Waals surface area contributed by atoms with E-state index >= 15 is 0 Å². The molecule has 0 aliphatic carbocycles. The van der Waals surface area contributed by atoms with Gasteiger partial charge in [0.2, 0.25) is 0 Å². The van der Waals surface area contributed by atoms with Gasteiger partial charge in [0.25, 0.3) is 0 Å². The van der Waals surface area contributed by atoms with Gasteiger partial charge < -0.3 is 9.80 Å². The van der Waals surface area contributed by atoms with Gasteiger partial charge in [-0.15, -0.1) is 0 Å². The van der Waals surface area contributed by atoms with Crippen molar-refractivity contribution in [2.75, 3.05) is 43.9 Å². The van der Waals surface area contributed by atoms with Crippen LogP contribution >= 0.6 is 0 Å². The van der Waals surface area contributed by atoms with Crippen LogP contribution in [0.2, 0.25) is 0 Å². The quantitative estimate of drug-likeness (QED) is 0.624. The van der Waals surface area contributed by atoms with Crippen molar-refractivity contribution in [2.24, 2.45) is 0 Å². The zero-order valence-electron chi connectivity index (χ0n) is 17.5. The fourth-order valence-electron chi connectivity index (χ4n) is 3.81. The van der Waals surface area contributed by atoms with E-state index in [9.17, 15) is 8.42 Å². The second kappa shape index (κ2) is 8.58. The minimum atomic E-state index is -3.18. The van der Waals surface area contributed by atoms with Crippen LogP contribution in [0.25, 0.3) is 22.9 Å². The first-order valence-corrected chi connectivity index (χ1v) is 12.2. The summed E-state index contributed by atoms with van der Waals surface area (Å²) in [7, 11) is -3.18. The minimum absolute atomic E-state index is 0.331. The molecule has 1 fully saturated rings. The molecule has 0 saturated carbocycles. The van der Waals surface area contributed by atoms with Crippen LogP contribution in [-0.2, 0) is 9.84 Å². The SMILES string of the molecule is CCN1CCN(c2nc(/C=C/c3ccc(S(C)(=O)=O)cc3)cc3ccccc23)CC1. The highest BCUT2D eigenvalue weighted by atomic mass is 32.2. The number of fused-ring (bicyclic) bond motifs is 1. The van der Waals surface area contributed by atoms with E-state index in [-0.39, 0.29) is 0 Å². The van der Waals surface area contributed by atoms with Crippen molar-refractivity contribution in [1.29, 1.82) is 0 Å². The normalized spacial score (nSPS) is 15.9. The fourth-order valence-corrected chi connectivity index (χ4v) is 4.44. The summed E-state index contributed by atoms with van der Waals surface area (Å²) >= 11 is 0. The summed E-state index contributed by atoms with van der Waals surface area (Å²) in [6.45, 7) is 7.36. The lowest BCUT2D eigenvalue weighted by molar-refractivity contribution is 0.271. The zero-order chi connectivity index (χ0) is 21.1. The Morgan fingerprint density at radius 1 is 0.967 bits per heavy atom. The molecule has 30 heavy (non-hydrogen) atoms. The lowest BCUT2D eigenvalue weighted by Crippen LogP contribution is -2.46. The predicted octanol–water partition coefficient (Wildman–Crippen LogP) is 3.95. The molecule has 0 unspecified atom stereocenters. The Morgan fingerprint density at radius 2 is 1.67 bits per heavy atom. The minimum Gasteiger partial charge on any atom is -0.354 e. The van der Waals surface area contributed by atoms with E-state index in [0.717, 1.165) is 49.8 Å². The summed E-state index contributed by atoms with van der Waals surface area (Å²) in [6, 6.07) is 17.4. The van der Waals surface area contributed by atoms with Crippen LogP contribution in [0.1, 0.15) is 18.2 Å². The maximum Gasteiger partial charge on any atom is 0.175 e. The number of aromatic nitrogens is 1. The van der Waals surface area contributed by atoms with Crippen LogP contribution in [0.5, 0.6) is 0 Å². The van der Waals surface area contributed by atoms with Crippen LogP contribution in [-0.4, -0.2) is 57.3 Å². The van der Waals surface area contributed by atoms with Crippen LogP contribution in [0.4, 0.5) is 5.82 Å². The fraction of sp³-hybridized carbons (Fsp3) is 0.292. The van der Waals surface area contributed by atoms with Crippen LogP contribution < -0.4 is 4.90 Å². The molecule has 1 saturated heterocycles. The highest BCUT2D eigenvalue weighted by Crippen LogP contribution is 2.27. The first-order chi connectivity index (χ1) is 14.4. The zero-order valence-corrected chi connectivity index (χ0v) is 18.3. The molecule has 3 aromatic rings. The summed E-state index contributed by atoms with van der Waals surface area (Å²) in [5.41, 5.74) is 1.84. The predicted molar refractivity (Wildman–Crippen MR) is 125 cm³/mol. The summed E-state index contributed by atoms with van der Waals surface area (Å²) < 4.78 is 23.3. The lowest BCUT2D eigenvalue weighted by atomic mass is 10.1. The number of likely N-dealkylation sites (N-methyl/N-ethyl adjacent to an activating group) is 1. The first-order valence-electron chi connectivity index (χ1n) is 10.3. The monoisotopic (exact) mass is 421 g/mol. The number of pyridine rings is 1. The third kappa shape index (κ3) is 4.55. The largest absolute Gasteiger partial charge is 0.354 e. The number of hydrogen-bond donors (Lipinski definition) is 0. The molecule has 1 aliphatic heterocycles. The van der Waals surface area contributed by atoms with E-state index in [0.29, 0.717) is 4.90 Å². The van der Waals surface area contributed by atoms with Gasteiger partial charge in [-0.3, -0.25) is 0 Å². The molecule has 5 nitrogen and oxygen atoms in total. The van der Waals surface area contributed by atoms with Crippen molar-refractivity contribution < 1.29 is 8.42 Å².